The molecule has 1 aliphatic heterocycles. The Bertz CT molecular complexity index is 411. The molecule has 4 heteroatoms. The van der Waals surface area contributed by atoms with Gasteiger partial charge in [-0.05, 0) is 53.1 Å². The summed E-state index contributed by atoms with van der Waals surface area (Å²) in [7, 11) is 0. The first-order valence-corrected chi connectivity index (χ1v) is 6.54. The Morgan fingerprint density at radius 1 is 1.50 bits per heavy atom. The summed E-state index contributed by atoms with van der Waals surface area (Å²) in [4.78, 5) is 6.52. The molecule has 1 heterocycles. The van der Waals surface area contributed by atoms with E-state index in [0.29, 0.717) is 12.5 Å². The van der Waals surface area contributed by atoms with Crippen molar-refractivity contribution in [1.82, 2.24) is 4.90 Å². The van der Waals surface area contributed by atoms with Crippen LogP contribution in [0.25, 0.3) is 0 Å². The van der Waals surface area contributed by atoms with Crippen LogP contribution in [0.4, 0.5) is 0 Å². The monoisotopic (exact) mass is 329 g/mol. The first-order valence-electron chi connectivity index (χ1n) is 5.47. The quantitative estimate of drug-likeness (QED) is 0.513. The van der Waals surface area contributed by atoms with E-state index in [1.165, 1.54) is 21.1 Å². The molecule has 1 aromatic rings. The largest absolute Gasteiger partial charge is 0.370 e. The molecule has 0 aromatic heterocycles. The van der Waals surface area contributed by atoms with Gasteiger partial charge in [-0.25, -0.2) is 4.99 Å². The molecule has 16 heavy (non-hydrogen) atoms. The number of halogens is 1. The number of nitrogens with zero attached hydrogens (tertiary/aromatic N) is 2. The summed E-state index contributed by atoms with van der Waals surface area (Å²) in [6, 6.07) is 6.41. The molecule has 2 rings (SSSR count). The van der Waals surface area contributed by atoms with E-state index >= 15 is 0 Å². The number of aryl methyl sites for hydroxylation is 1. The number of hydrogen-bond acceptors (Lipinski definition) is 1. The third-order valence-corrected chi connectivity index (χ3v) is 4.04. The molecular weight excluding hydrogens is 313 g/mol. The summed E-state index contributed by atoms with van der Waals surface area (Å²) in [6.45, 7) is 4.91. The lowest BCUT2D eigenvalue weighted by Crippen LogP contribution is -2.46. The van der Waals surface area contributed by atoms with Crippen LogP contribution in [0.3, 0.4) is 0 Å². The average Bonchev–Trinajstić information content (AvgIpc) is 2.17. The fourth-order valence-electron chi connectivity index (χ4n) is 1.62. The minimum atomic E-state index is 0.681. The molecule has 0 unspecified atom stereocenters. The van der Waals surface area contributed by atoms with Crippen LogP contribution in [0.1, 0.15) is 17.5 Å². The van der Waals surface area contributed by atoms with Crippen molar-refractivity contribution in [3.05, 3.63) is 32.9 Å². The Hall–Kier alpha value is -0.780. The Morgan fingerprint density at radius 3 is 2.81 bits per heavy atom. The average molecular weight is 329 g/mol. The Labute approximate surface area is 110 Å². The zero-order valence-corrected chi connectivity index (χ0v) is 11.6. The van der Waals surface area contributed by atoms with E-state index in [2.05, 4.69) is 57.6 Å². The van der Waals surface area contributed by atoms with Crippen LogP contribution < -0.4 is 5.73 Å². The lowest BCUT2D eigenvalue weighted by atomic mass is 10.1. The molecule has 1 fully saturated rings. The summed E-state index contributed by atoms with van der Waals surface area (Å²) in [6.07, 6.45) is 1.23. The van der Waals surface area contributed by atoms with Crippen LogP contribution in [-0.4, -0.2) is 23.9 Å². The van der Waals surface area contributed by atoms with Gasteiger partial charge in [0.05, 0.1) is 6.54 Å². The molecule has 1 saturated heterocycles. The van der Waals surface area contributed by atoms with Crippen molar-refractivity contribution in [1.29, 1.82) is 0 Å². The molecule has 1 aromatic carbocycles. The summed E-state index contributed by atoms with van der Waals surface area (Å²) in [5.74, 6) is 0.683. The van der Waals surface area contributed by atoms with E-state index in [4.69, 9.17) is 5.73 Å². The van der Waals surface area contributed by atoms with Crippen molar-refractivity contribution in [2.75, 3.05) is 13.1 Å². The molecule has 2 N–H and O–H groups in total. The second-order valence-electron chi connectivity index (χ2n) is 4.10. The molecule has 0 aliphatic carbocycles. The van der Waals surface area contributed by atoms with E-state index in [9.17, 15) is 0 Å². The van der Waals surface area contributed by atoms with Gasteiger partial charge in [0.25, 0.3) is 0 Å². The van der Waals surface area contributed by atoms with E-state index in [1.807, 2.05) is 0 Å². The molecule has 0 atom stereocenters. The molecule has 0 amide bonds. The Balaban J connectivity index is 2.00. The van der Waals surface area contributed by atoms with Crippen molar-refractivity contribution in [2.24, 2.45) is 10.7 Å². The van der Waals surface area contributed by atoms with Gasteiger partial charge in [0.1, 0.15) is 0 Å². The molecule has 0 bridgehead atoms. The smallest absolute Gasteiger partial charge is 0.191 e. The van der Waals surface area contributed by atoms with Crippen molar-refractivity contribution >= 4 is 28.6 Å². The number of nitrogens with two attached hydrogens (primary N) is 1. The van der Waals surface area contributed by atoms with Crippen LogP contribution in [0.15, 0.2) is 23.2 Å². The predicted octanol–water partition coefficient (Wildman–Crippen LogP) is 2.12. The minimum Gasteiger partial charge on any atom is -0.370 e. The van der Waals surface area contributed by atoms with Crippen LogP contribution in [0, 0.1) is 10.5 Å². The van der Waals surface area contributed by atoms with Crippen LogP contribution in [0.2, 0.25) is 0 Å². The molecule has 1 aliphatic rings. The van der Waals surface area contributed by atoms with E-state index in [-0.39, 0.29) is 0 Å². The van der Waals surface area contributed by atoms with E-state index in [1.54, 1.807) is 0 Å². The van der Waals surface area contributed by atoms with E-state index < -0.39 is 0 Å². The molecule has 86 valence electrons. The topological polar surface area (TPSA) is 41.6 Å². The summed E-state index contributed by atoms with van der Waals surface area (Å²) < 4.78 is 1.29. The standard InChI is InChI=1S/C12H16IN3/c1-9-7-10(3-4-11(9)13)8-15-12(14)16-5-2-6-16/h3-4,7H,2,5-6,8H2,1H3,(H2,14,15). The molecular formula is C12H16IN3. The third kappa shape index (κ3) is 2.66. The molecule has 0 radical (unpaired) electrons. The van der Waals surface area contributed by atoms with Crippen LogP contribution in [-0.2, 0) is 6.54 Å². The first kappa shape index (κ1) is 11.7. The van der Waals surface area contributed by atoms with E-state index in [0.717, 1.165) is 13.1 Å². The Morgan fingerprint density at radius 2 is 2.25 bits per heavy atom. The van der Waals surface area contributed by atoms with Gasteiger partial charge in [-0.3, -0.25) is 0 Å². The van der Waals surface area contributed by atoms with Gasteiger partial charge < -0.3 is 10.6 Å². The summed E-state index contributed by atoms with van der Waals surface area (Å²) >= 11 is 2.34. The lowest BCUT2D eigenvalue weighted by molar-refractivity contribution is 0.295. The minimum absolute atomic E-state index is 0.681. The SMILES string of the molecule is Cc1cc(CN=C(N)N2CCC2)ccc1I. The maximum absolute atomic E-state index is 5.87. The zero-order valence-electron chi connectivity index (χ0n) is 9.41. The van der Waals surface area contributed by atoms with Gasteiger partial charge in [-0.15, -0.1) is 0 Å². The molecule has 3 nitrogen and oxygen atoms in total. The van der Waals surface area contributed by atoms with Gasteiger partial charge in [-0.1, -0.05) is 12.1 Å². The van der Waals surface area contributed by atoms with Gasteiger partial charge >= 0.3 is 0 Å². The lowest BCUT2D eigenvalue weighted by Gasteiger charge is -2.31. The van der Waals surface area contributed by atoms with Crippen molar-refractivity contribution in [3.63, 3.8) is 0 Å². The second-order valence-corrected chi connectivity index (χ2v) is 5.26. The number of benzene rings is 1. The highest BCUT2D eigenvalue weighted by Gasteiger charge is 2.15. The number of aliphatic imine (C=N–C) groups is 1. The van der Waals surface area contributed by atoms with Gasteiger partial charge in [0.2, 0.25) is 0 Å². The summed E-state index contributed by atoms with van der Waals surface area (Å²) in [5, 5.41) is 0. The number of guanidine groups is 1. The summed E-state index contributed by atoms with van der Waals surface area (Å²) in [5.41, 5.74) is 8.39. The van der Waals surface area contributed by atoms with Gasteiger partial charge in [-0.2, -0.15) is 0 Å². The fourth-order valence-corrected chi connectivity index (χ4v) is 1.96. The van der Waals surface area contributed by atoms with Crippen LogP contribution in [0.5, 0.6) is 0 Å². The highest BCUT2D eigenvalue weighted by molar-refractivity contribution is 14.1. The van der Waals surface area contributed by atoms with Crippen molar-refractivity contribution in [3.8, 4) is 0 Å². The predicted molar refractivity (Wildman–Crippen MR) is 75.4 cm³/mol. The van der Waals surface area contributed by atoms with Gasteiger partial charge in [0, 0.05) is 16.7 Å². The molecule has 0 spiro atoms. The molecule has 0 saturated carbocycles. The maximum atomic E-state index is 5.87. The van der Waals surface area contributed by atoms with Crippen molar-refractivity contribution in [2.45, 2.75) is 19.9 Å². The highest BCUT2D eigenvalue weighted by atomic mass is 127. The number of rotatable bonds is 2. The van der Waals surface area contributed by atoms with Gasteiger partial charge in [0.15, 0.2) is 5.96 Å². The Kier molecular flexibility index (Phi) is 3.68. The number of hydrogen-bond donors (Lipinski definition) is 1. The first-order chi connectivity index (χ1) is 7.66. The van der Waals surface area contributed by atoms with Crippen molar-refractivity contribution < 1.29 is 0 Å². The normalized spacial score (nSPS) is 16.1. The second kappa shape index (κ2) is 5.03. The highest BCUT2D eigenvalue weighted by Crippen LogP contribution is 2.14. The zero-order chi connectivity index (χ0) is 11.5. The van der Waals surface area contributed by atoms with Crippen LogP contribution >= 0.6 is 22.6 Å². The maximum Gasteiger partial charge on any atom is 0.191 e. The number of likely N-dealkylation sites (tertiary alicyclic amines) is 1. The fraction of sp³-hybridized carbons (Fsp3) is 0.417. The third-order valence-electron chi connectivity index (χ3n) is 2.83.